The summed E-state index contributed by atoms with van der Waals surface area (Å²) in [5.41, 5.74) is 2.95. The lowest BCUT2D eigenvalue weighted by Crippen LogP contribution is -2.38. The molecule has 1 aliphatic heterocycles. The molecule has 5 rings (SSSR count). The molecule has 27 heavy (non-hydrogen) atoms. The highest BCUT2D eigenvalue weighted by Crippen LogP contribution is 2.34. The van der Waals surface area contributed by atoms with Crippen molar-refractivity contribution < 1.29 is 13.9 Å². The molecule has 1 saturated carbocycles. The van der Waals surface area contributed by atoms with Crippen LogP contribution in [0.3, 0.4) is 0 Å². The third-order valence-electron chi connectivity index (χ3n) is 5.94. The van der Waals surface area contributed by atoms with Crippen molar-refractivity contribution in [3.63, 3.8) is 0 Å². The number of aromatic nitrogens is 2. The van der Waals surface area contributed by atoms with E-state index in [0.29, 0.717) is 23.3 Å². The quantitative estimate of drug-likeness (QED) is 0.814. The minimum atomic E-state index is -0.309. The molecule has 0 spiro atoms. The van der Waals surface area contributed by atoms with Gasteiger partial charge in [0, 0.05) is 36.4 Å². The van der Waals surface area contributed by atoms with Gasteiger partial charge in [-0.2, -0.15) is 5.10 Å². The van der Waals surface area contributed by atoms with Crippen LogP contribution in [0.15, 0.2) is 24.3 Å². The summed E-state index contributed by atoms with van der Waals surface area (Å²) in [6.45, 7) is 2.26. The van der Waals surface area contributed by atoms with Gasteiger partial charge in [-0.15, -0.1) is 0 Å². The molecule has 0 bridgehead atoms. The van der Waals surface area contributed by atoms with Gasteiger partial charge in [0.05, 0.1) is 6.61 Å². The maximum absolute atomic E-state index is 14.4. The van der Waals surface area contributed by atoms with E-state index in [0.717, 1.165) is 69.5 Å². The number of carbonyl (C=O) groups is 1. The second-order valence-corrected chi connectivity index (χ2v) is 7.91. The zero-order chi connectivity index (χ0) is 18.4. The van der Waals surface area contributed by atoms with Gasteiger partial charge in [-0.3, -0.25) is 4.79 Å². The number of fused-ring (bicyclic) bond motifs is 1. The zero-order valence-electron chi connectivity index (χ0n) is 15.4. The number of ether oxygens (including phenoxy) is 1. The molecular formula is C21H24FN3O2. The third-order valence-corrected chi connectivity index (χ3v) is 5.94. The molecule has 142 valence electrons. The van der Waals surface area contributed by atoms with Gasteiger partial charge in [-0.05, 0) is 50.7 Å². The smallest absolute Gasteiger partial charge is 0.274 e. The van der Waals surface area contributed by atoms with E-state index in [4.69, 9.17) is 4.74 Å². The molecule has 1 aromatic carbocycles. The number of amides is 1. The van der Waals surface area contributed by atoms with Crippen LogP contribution in [0.2, 0.25) is 0 Å². The number of hydrogen-bond donors (Lipinski definition) is 0. The van der Waals surface area contributed by atoms with Crippen molar-refractivity contribution in [3.05, 3.63) is 47.0 Å². The fraction of sp³-hybridized carbons (Fsp3) is 0.524. The van der Waals surface area contributed by atoms with Gasteiger partial charge in [0.15, 0.2) is 5.69 Å². The molecule has 1 atom stereocenters. The van der Waals surface area contributed by atoms with E-state index in [1.54, 1.807) is 22.9 Å². The summed E-state index contributed by atoms with van der Waals surface area (Å²) in [5, 5.41) is 4.62. The Kier molecular flexibility index (Phi) is 4.23. The normalized spacial score (nSPS) is 21.4. The van der Waals surface area contributed by atoms with E-state index in [-0.39, 0.29) is 11.7 Å². The highest BCUT2D eigenvalue weighted by atomic mass is 19.1. The average molecular weight is 369 g/mol. The second-order valence-electron chi connectivity index (χ2n) is 7.91. The molecule has 2 aromatic rings. The molecule has 1 unspecified atom stereocenters. The van der Waals surface area contributed by atoms with E-state index in [1.807, 2.05) is 4.90 Å². The van der Waals surface area contributed by atoms with Crippen LogP contribution in [0.25, 0.3) is 5.69 Å². The summed E-state index contributed by atoms with van der Waals surface area (Å²) >= 11 is 0. The maximum atomic E-state index is 14.4. The van der Waals surface area contributed by atoms with Gasteiger partial charge in [0.2, 0.25) is 0 Å². The highest BCUT2D eigenvalue weighted by Gasteiger charge is 2.38. The number of rotatable bonds is 5. The van der Waals surface area contributed by atoms with Gasteiger partial charge in [0.25, 0.3) is 5.91 Å². The fourth-order valence-corrected chi connectivity index (χ4v) is 4.36. The second kappa shape index (κ2) is 6.75. The lowest BCUT2D eigenvalue weighted by Gasteiger charge is -2.24. The van der Waals surface area contributed by atoms with Gasteiger partial charge < -0.3 is 9.64 Å². The van der Waals surface area contributed by atoms with Crippen molar-refractivity contribution in [3.8, 4) is 5.69 Å². The van der Waals surface area contributed by atoms with Crippen molar-refractivity contribution in [1.82, 2.24) is 14.7 Å². The molecule has 1 aromatic heterocycles. The zero-order valence-corrected chi connectivity index (χ0v) is 15.4. The summed E-state index contributed by atoms with van der Waals surface area (Å²) in [5.74, 6) is 0.116. The molecule has 0 N–H and O–H groups in total. The van der Waals surface area contributed by atoms with Gasteiger partial charge in [0.1, 0.15) is 11.5 Å². The van der Waals surface area contributed by atoms with E-state index in [9.17, 15) is 9.18 Å². The van der Waals surface area contributed by atoms with Crippen LogP contribution in [0.5, 0.6) is 0 Å². The van der Waals surface area contributed by atoms with Crippen LogP contribution in [-0.4, -0.2) is 46.4 Å². The Morgan fingerprint density at radius 3 is 2.85 bits per heavy atom. The predicted octanol–water partition coefficient (Wildman–Crippen LogP) is 3.14. The molecule has 2 fully saturated rings. The number of halogens is 1. The Hall–Kier alpha value is -2.21. The number of para-hydroxylation sites is 1. The van der Waals surface area contributed by atoms with E-state index in [1.165, 1.54) is 6.07 Å². The standard InChI is InChI=1S/C21H24FN3O2/c22-17-5-1-2-6-19(17)25-18-7-3-4-16(18)20(23-25)21(26)24(15-8-9-15)12-14-10-11-27-13-14/h1-2,5-6,14-15H,3-4,7-13H2. The molecule has 1 saturated heterocycles. The van der Waals surface area contributed by atoms with Crippen molar-refractivity contribution >= 4 is 5.91 Å². The Morgan fingerprint density at radius 2 is 2.11 bits per heavy atom. The summed E-state index contributed by atoms with van der Waals surface area (Å²) in [4.78, 5) is 15.4. The molecule has 3 aliphatic rings. The molecule has 6 heteroatoms. The molecule has 2 aliphatic carbocycles. The van der Waals surface area contributed by atoms with Crippen molar-refractivity contribution in [2.45, 2.75) is 44.6 Å². The summed E-state index contributed by atoms with van der Waals surface area (Å²) in [6, 6.07) is 6.97. The first kappa shape index (κ1) is 16.9. The lowest BCUT2D eigenvalue weighted by molar-refractivity contribution is 0.0698. The van der Waals surface area contributed by atoms with E-state index in [2.05, 4.69) is 5.10 Å². The summed E-state index contributed by atoms with van der Waals surface area (Å²) < 4.78 is 21.5. The number of carbonyl (C=O) groups excluding carboxylic acids is 1. The minimum absolute atomic E-state index is 0.0117. The molecule has 2 heterocycles. The Labute approximate surface area is 158 Å². The lowest BCUT2D eigenvalue weighted by atomic mass is 10.1. The van der Waals surface area contributed by atoms with Crippen molar-refractivity contribution in [1.29, 1.82) is 0 Å². The first-order valence-electron chi connectivity index (χ1n) is 9.97. The fourth-order valence-electron chi connectivity index (χ4n) is 4.36. The Balaban J connectivity index is 1.50. The third kappa shape index (κ3) is 3.06. The number of benzene rings is 1. The first-order chi connectivity index (χ1) is 13.2. The van der Waals surface area contributed by atoms with Crippen LogP contribution in [0, 0.1) is 11.7 Å². The maximum Gasteiger partial charge on any atom is 0.274 e. The SMILES string of the molecule is O=C(c1nn(-c2ccccc2F)c2c1CCC2)N(CC1CCOC1)C1CC1. The highest BCUT2D eigenvalue weighted by molar-refractivity contribution is 5.94. The Morgan fingerprint density at radius 1 is 1.26 bits per heavy atom. The predicted molar refractivity (Wildman–Crippen MR) is 98.5 cm³/mol. The minimum Gasteiger partial charge on any atom is -0.381 e. The summed E-state index contributed by atoms with van der Waals surface area (Å²) in [6.07, 6.45) is 5.81. The first-order valence-corrected chi connectivity index (χ1v) is 9.97. The van der Waals surface area contributed by atoms with E-state index < -0.39 is 0 Å². The number of nitrogens with zero attached hydrogens (tertiary/aromatic N) is 3. The van der Waals surface area contributed by atoms with Crippen LogP contribution in [0.4, 0.5) is 4.39 Å². The van der Waals surface area contributed by atoms with Crippen LogP contribution < -0.4 is 0 Å². The van der Waals surface area contributed by atoms with Crippen LogP contribution >= 0.6 is 0 Å². The Bertz CT molecular complexity index is 868. The molecule has 0 radical (unpaired) electrons. The average Bonchev–Trinajstić information content (AvgIpc) is 3.08. The molecule has 1 amide bonds. The topological polar surface area (TPSA) is 47.4 Å². The largest absolute Gasteiger partial charge is 0.381 e. The van der Waals surface area contributed by atoms with Gasteiger partial charge >= 0.3 is 0 Å². The van der Waals surface area contributed by atoms with Crippen LogP contribution in [0.1, 0.15) is 47.4 Å². The monoisotopic (exact) mass is 369 g/mol. The van der Waals surface area contributed by atoms with Gasteiger partial charge in [-0.1, -0.05) is 12.1 Å². The van der Waals surface area contributed by atoms with Crippen LogP contribution in [-0.2, 0) is 17.6 Å². The molecule has 5 nitrogen and oxygen atoms in total. The number of hydrogen-bond acceptors (Lipinski definition) is 3. The van der Waals surface area contributed by atoms with Crippen molar-refractivity contribution in [2.24, 2.45) is 5.92 Å². The van der Waals surface area contributed by atoms with Gasteiger partial charge in [-0.25, -0.2) is 9.07 Å². The summed E-state index contributed by atoms with van der Waals surface area (Å²) in [7, 11) is 0. The van der Waals surface area contributed by atoms with Crippen molar-refractivity contribution in [2.75, 3.05) is 19.8 Å². The van der Waals surface area contributed by atoms with E-state index >= 15 is 0 Å². The molecular weight excluding hydrogens is 345 g/mol.